The topological polar surface area (TPSA) is 30.9 Å². The van der Waals surface area contributed by atoms with Crippen LogP contribution in [0.15, 0.2) is 36.4 Å². The van der Waals surface area contributed by atoms with Gasteiger partial charge in [-0.2, -0.15) is 0 Å². The number of benzene rings is 2. The van der Waals surface area contributed by atoms with Gasteiger partial charge in [-0.05, 0) is 50.6 Å². The van der Waals surface area contributed by atoms with Crippen LogP contribution in [0, 0.1) is 6.92 Å². The van der Waals surface area contributed by atoms with Crippen LogP contribution in [0.2, 0.25) is 0 Å². The highest BCUT2D eigenvalue weighted by Gasteiger charge is 2.29. The second-order valence-electron chi connectivity index (χ2n) is 6.55. The monoisotopic (exact) mass is 341 g/mol. The van der Waals surface area contributed by atoms with Crippen molar-refractivity contribution in [2.45, 2.75) is 32.4 Å². The molecule has 1 fully saturated rings. The number of likely N-dealkylation sites (tertiary alicyclic amines) is 1. The third-order valence-electron chi connectivity index (χ3n) is 4.97. The fraction of sp³-hybridized carbons (Fsp3) is 0.429. The van der Waals surface area contributed by atoms with Crippen molar-refractivity contribution in [3.8, 4) is 17.2 Å². The van der Waals surface area contributed by atoms with E-state index in [1.54, 1.807) is 21.3 Å². The Hall–Kier alpha value is -2.20. The lowest BCUT2D eigenvalue weighted by Crippen LogP contribution is -2.23. The minimum absolute atomic E-state index is 0.329. The van der Waals surface area contributed by atoms with Gasteiger partial charge >= 0.3 is 0 Å². The van der Waals surface area contributed by atoms with Crippen LogP contribution in [0.5, 0.6) is 17.2 Å². The number of aryl methyl sites for hydroxylation is 1. The number of rotatable bonds is 6. The average molecular weight is 341 g/mol. The molecule has 3 rings (SSSR count). The summed E-state index contributed by atoms with van der Waals surface area (Å²) in [5.41, 5.74) is 3.69. The van der Waals surface area contributed by atoms with Crippen LogP contribution in [0.25, 0.3) is 0 Å². The van der Waals surface area contributed by atoms with Gasteiger partial charge in [0.05, 0.1) is 21.3 Å². The SMILES string of the molecule is COc1ccc(OC)c([C@H]2CCCN2Cc2cc(C)ccc2OC)c1. The van der Waals surface area contributed by atoms with Gasteiger partial charge in [0.25, 0.3) is 0 Å². The largest absolute Gasteiger partial charge is 0.497 e. The zero-order valence-electron chi connectivity index (χ0n) is 15.5. The molecule has 0 unspecified atom stereocenters. The maximum Gasteiger partial charge on any atom is 0.123 e. The molecule has 1 heterocycles. The van der Waals surface area contributed by atoms with Crippen molar-refractivity contribution in [3.05, 3.63) is 53.1 Å². The highest BCUT2D eigenvalue weighted by molar-refractivity contribution is 5.43. The van der Waals surface area contributed by atoms with Crippen LogP contribution in [-0.4, -0.2) is 32.8 Å². The van der Waals surface area contributed by atoms with Crippen LogP contribution in [0.3, 0.4) is 0 Å². The summed E-state index contributed by atoms with van der Waals surface area (Å²) in [7, 11) is 5.17. The van der Waals surface area contributed by atoms with Crippen molar-refractivity contribution in [2.24, 2.45) is 0 Å². The minimum Gasteiger partial charge on any atom is -0.497 e. The van der Waals surface area contributed by atoms with E-state index in [0.29, 0.717) is 6.04 Å². The third-order valence-corrected chi connectivity index (χ3v) is 4.97. The fourth-order valence-corrected chi connectivity index (χ4v) is 3.72. The van der Waals surface area contributed by atoms with Crippen LogP contribution in [0.4, 0.5) is 0 Å². The first-order valence-corrected chi connectivity index (χ1v) is 8.75. The molecule has 0 bridgehead atoms. The van der Waals surface area contributed by atoms with Gasteiger partial charge < -0.3 is 14.2 Å². The molecular weight excluding hydrogens is 314 g/mol. The van der Waals surface area contributed by atoms with Crippen LogP contribution in [0.1, 0.15) is 35.6 Å². The van der Waals surface area contributed by atoms with Crippen molar-refractivity contribution in [1.29, 1.82) is 0 Å². The van der Waals surface area contributed by atoms with Gasteiger partial charge in [0.1, 0.15) is 17.2 Å². The predicted octanol–water partition coefficient (Wildman–Crippen LogP) is 4.36. The van der Waals surface area contributed by atoms with Crippen molar-refractivity contribution in [2.75, 3.05) is 27.9 Å². The second-order valence-corrected chi connectivity index (χ2v) is 6.55. The van der Waals surface area contributed by atoms with Crippen molar-refractivity contribution >= 4 is 0 Å². The Morgan fingerprint density at radius 2 is 1.72 bits per heavy atom. The Balaban J connectivity index is 1.90. The first-order chi connectivity index (χ1) is 12.2. The number of hydrogen-bond acceptors (Lipinski definition) is 4. The summed E-state index contributed by atoms with van der Waals surface area (Å²) in [5.74, 6) is 2.75. The van der Waals surface area contributed by atoms with Gasteiger partial charge in [0.15, 0.2) is 0 Å². The zero-order chi connectivity index (χ0) is 17.8. The van der Waals surface area contributed by atoms with Crippen LogP contribution in [-0.2, 0) is 6.54 Å². The Labute approximate surface area is 150 Å². The quantitative estimate of drug-likeness (QED) is 0.781. The summed E-state index contributed by atoms with van der Waals surface area (Å²) in [6, 6.07) is 12.8. The molecule has 134 valence electrons. The fourth-order valence-electron chi connectivity index (χ4n) is 3.72. The first-order valence-electron chi connectivity index (χ1n) is 8.75. The molecule has 2 aromatic carbocycles. The van der Waals surface area contributed by atoms with E-state index in [1.165, 1.54) is 23.1 Å². The smallest absolute Gasteiger partial charge is 0.123 e. The summed E-state index contributed by atoms with van der Waals surface area (Å²) in [4.78, 5) is 2.51. The van der Waals surface area contributed by atoms with Crippen LogP contribution < -0.4 is 14.2 Å². The number of methoxy groups -OCH3 is 3. The molecule has 4 heteroatoms. The highest BCUT2D eigenvalue weighted by atomic mass is 16.5. The predicted molar refractivity (Wildman–Crippen MR) is 99.7 cm³/mol. The molecule has 0 amide bonds. The normalized spacial score (nSPS) is 17.5. The molecular formula is C21H27NO3. The minimum atomic E-state index is 0.329. The Bertz CT molecular complexity index is 729. The Kier molecular flexibility index (Phi) is 5.49. The lowest BCUT2D eigenvalue weighted by Gasteiger charge is -2.27. The number of ether oxygens (including phenoxy) is 3. The molecule has 1 atom stereocenters. The van der Waals surface area contributed by atoms with Crippen molar-refractivity contribution < 1.29 is 14.2 Å². The average Bonchev–Trinajstić information content (AvgIpc) is 3.09. The summed E-state index contributed by atoms with van der Waals surface area (Å²) in [6.07, 6.45) is 2.30. The standard InChI is InChI=1S/C21H27NO3/c1-15-7-9-20(24-3)16(12-15)14-22-11-5-6-19(22)18-13-17(23-2)8-10-21(18)25-4/h7-10,12-13,19H,5-6,11,14H2,1-4H3/t19-/m1/s1. The van der Waals surface area contributed by atoms with Gasteiger partial charge in [0.2, 0.25) is 0 Å². The second kappa shape index (κ2) is 7.79. The molecule has 0 aromatic heterocycles. The summed E-state index contributed by atoms with van der Waals surface area (Å²) < 4.78 is 16.6. The molecule has 0 saturated carbocycles. The molecule has 1 aliphatic heterocycles. The van der Waals surface area contributed by atoms with Gasteiger partial charge in [-0.3, -0.25) is 4.90 Å². The lowest BCUT2D eigenvalue weighted by molar-refractivity contribution is 0.238. The molecule has 2 aromatic rings. The summed E-state index contributed by atoms with van der Waals surface area (Å²) >= 11 is 0. The molecule has 0 radical (unpaired) electrons. The Morgan fingerprint density at radius 1 is 0.960 bits per heavy atom. The first kappa shape index (κ1) is 17.6. The molecule has 0 N–H and O–H groups in total. The van der Waals surface area contributed by atoms with Crippen molar-refractivity contribution in [1.82, 2.24) is 4.90 Å². The van der Waals surface area contributed by atoms with E-state index in [2.05, 4.69) is 36.1 Å². The maximum absolute atomic E-state index is 5.61. The molecule has 0 aliphatic carbocycles. The van der Waals surface area contributed by atoms with Gasteiger partial charge in [-0.25, -0.2) is 0 Å². The number of nitrogens with zero attached hydrogens (tertiary/aromatic N) is 1. The molecule has 1 saturated heterocycles. The van der Waals surface area contributed by atoms with Crippen LogP contribution >= 0.6 is 0 Å². The van der Waals surface area contributed by atoms with E-state index in [1.807, 2.05) is 12.1 Å². The van der Waals surface area contributed by atoms with E-state index in [-0.39, 0.29) is 0 Å². The van der Waals surface area contributed by atoms with Gasteiger partial charge in [-0.1, -0.05) is 17.7 Å². The van der Waals surface area contributed by atoms with Gasteiger partial charge in [0, 0.05) is 23.7 Å². The van der Waals surface area contributed by atoms with E-state index in [9.17, 15) is 0 Å². The summed E-state index contributed by atoms with van der Waals surface area (Å²) in [6.45, 7) is 4.06. The summed E-state index contributed by atoms with van der Waals surface area (Å²) in [5, 5.41) is 0. The third kappa shape index (κ3) is 3.74. The van der Waals surface area contributed by atoms with E-state index < -0.39 is 0 Å². The molecule has 25 heavy (non-hydrogen) atoms. The molecule has 1 aliphatic rings. The zero-order valence-corrected chi connectivity index (χ0v) is 15.5. The highest BCUT2D eigenvalue weighted by Crippen LogP contribution is 2.40. The van der Waals surface area contributed by atoms with E-state index in [0.717, 1.165) is 36.8 Å². The lowest BCUT2D eigenvalue weighted by atomic mass is 10.0. The van der Waals surface area contributed by atoms with Crippen molar-refractivity contribution in [3.63, 3.8) is 0 Å². The van der Waals surface area contributed by atoms with E-state index >= 15 is 0 Å². The maximum atomic E-state index is 5.61. The van der Waals surface area contributed by atoms with Gasteiger partial charge in [-0.15, -0.1) is 0 Å². The number of hydrogen-bond donors (Lipinski definition) is 0. The molecule has 0 spiro atoms. The molecule has 4 nitrogen and oxygen atoms in total. The Morgan fingerprint density at radius 3 is 2.44 bits per heavy atom. The van der Waals surface area contributed by atoms with E-state index in [4.69, 9.17) is 14.2 Å².